The number of halogens is 1. The summed E-state index contributed by atoms with van der Waals surface area (Å²) >= 11 is 3.49. The number of nitrogens with one attached hydrogen (secondary N) is 1. The molecule has 0 heterocycles. The van der Waals surface area contributed by atoms with Gasteiger partial charge in [-0.2, -0.15) is 0 Å². The molecule has 3 heteroatoms. The fourth-order valence-corrected chi connectivity index (χ4v) is 2.40. The summed E-state index contributed by atoms with van der Waals surface area (Å²) in [6.07, 6.45) is 3.52. The van der Waals surface area contributed by atoms with Gasteiger partial charge in [0.2, 0.25) is 0 Å². The molecule has 1 atom stereocenters. The molecule has 2 nitrogen and oxygen atoms in total. The summed E-state index contributed by atoms with van der Waals surface area (Å²) < 4.78 is 1.11. The van der Waals surface area contributed by atoms with Crippen molar-refractivity contribution in [2.75, 3.05) is 0 Å². The third-order valence-electron chi connectivity index (χ3n) is 3.18. The van der Waals surface area contributed by atoms with Crippen LogP contribution >= 0.6 is 15.9 Å². The van der Waals surface area contributed by atoms with Gasteiger partial charge in [-0.15, -0.1) is 0 Å². The van der Waals surface area contributed by atoms with Gasteiger partial charge in [0.05, 0.1) is 0 Å². The van der Waals surface area contributed by atoms with E-state index in [1.165, 1.54) is 18.4 Å². The van der Waals surface area contributed by atoms with Gasteiger partial charge in [-0.3, -0.25) is 11.3 Å². The topological polar surface area (TPSA) is 38.0 Å². The van der Waals surface area contributed by atoms with E-state index in [1.807, 2.05) is 6.07 Å². The maximum atomic E-state index is 5.65. The first-order chi connectivity index (χ1) is 7.71. The molecule has 1 aromatic carbocycles. The average molecular weight is 285 g/mol. The van der Waals surface area contributed by atoms with E-state index in [9.17, 15) is 0 Å². The van der Waals surface area contributed by atoms with Crippen LogP contribution in [0.2, 0.25) is 0 Å². The van der Waals surface area contributed by atoms with Gasteiger partial charge >= 0.3 is 0 Å². The molecule has 1 aromatic rings. The highest BCUT2D eigenvalue weighted by molar-refractivity contribution is 9.10. The second-order valence-corrected chi connectivity index (χ2v) is 5.11. The number of benzene rings is 1. The SMILES string of the molecule is CCC(CC)CC(NN)c1cccc(Br)c1. The molecule has 0 saturated carbocycles. The summed E-state index contributed by atoms with van der Waals surface area (Å²) in [7, 11) is 0. The van der Waals surface area contributed by atoms with Crippen molar-refractivity contribution in [3.8, 4) is 0 Å². The van der Waals surface area contributed by atoms with E-state index in [4.69, 9.17) is 5.84 Å². The summed E-state index contributed by atoms with van der Waals surface area (Å²) in [4.78, 5) is 0. The summed E-state index contributed by atoms with van der Waals surface area (Å²) in [6, 6.07) is 8.59. The van der Waals surface area contributed by atoms with Crippen LogP contribution < -0.4 is 11.3 Å². The Morgan fingerprint density at radius 1 is 1.31 bits per heavy atom. The number of nitrogens with two attached hydrogens (primary N) is 1. The van der Waals surface area contributed by atoms with Crippen LogP contribution in [0.3, 0.4) is 0 Å². The van der Waals surface area contributed by atoms with E-state index in [0.29, 0.717) is 0 Å². The number of rotatable bonds is 6. The summed E-state index contributed by atoms with van der Waals surface area (Å²) in [5.74, 6) is 6.38. The Hall–Kier alpha value is -0.380. The molecule has 3 N–H and O–H groups in total. The van der Waals surface area contributed by atoms with Gasteiger partial charge in [0.1, 0.15) is 0 Å². The van der Waals surface area contributed by atoms with Crippen LogP contribution in [-0.4, -0.2) is 0 Å². The fraction of sp³-hybridized carbons (Fsp3) is 0.538. The van der Waals surface area contributed by atoms with Gasteiger partial charge in [0.25, 0.3) is 0 Å². The average Bonchev–Trinajstić information content (AvgIpc) is 2.31. The molecular weight excluding hydrogens is 264 g/mol. The smallest absolute Gasteiger partial charge is 0.0463 e. The predicted octanol–water partition coefficient (Wildman–Crippen LogP) is 3.78. The molecule has 0 aromatic heterocycles. The van der Waals surface area contributed by atoms with Crippen LogP contribution in [0.4, 0.5) is 0 Å². The molecule has 90 valence electrons. The van der Waals surface area contributed by atoms with Crippen molar-refractivity contribution < 1.29 is 0 Å². The van der Waals surface area contributed by atoms with Gasteiger partial charge < -0.3 is 0 Å². The number of hydrazine groups is 1. The predicted molar refractivity (Wildman–Crippen MR) is 72.9 cm³/mol. The molecule has 0 fully saturated rings. The van der Waals surface area contributed by atoms with E-state index >= 15 is 0 Å². The van der Waals surface area contributed by atoms with E-state index in [2.05, 4.69) is 53.4 Å². The lowest BCUT2D eigenvalue weighted by Crippen LogP contribution is -2.29. The second-order valence-electron chi connectivity index (χ2n) is 4.19. The first-order valence-electron chi connectivity index (χ1n) is 5.92. The van der Waals surface area contributed by atoms with Gasteiger partial charge in [0.15, 0.2) is 0 Å². The molecule has 0 aliphatic heterocycles. The summed E-state index contributed by atoms with van der Waals surface area (Å²) in [6.45, 7) is 4.48. The van der Waals surface area contributed by atoms with Gasteiger partial charge in [-0.05, 0) is 30.0 Å². The van der Waals surface area contributed by atoms with E-state index in [1.54, 1.807) is 0 Å². The Labute approximate surface area is 107 Å². The van der Waals surface area contributed by atoms with Crippen molar-refractivity contribution in [2.45, 2.75) is 39.2 Å². The van der Waals surface area contributed by atoms with Crippen molar-refractivity contribution in [1.82, 2.24) is 5.43 Å². The van der Waals surface area contributed by atoms with E-state index in [-0.39, 0.29) is 6.04 Å². The van der Waals surface area contributed by atoms with Crippen LogP contribution in [-0.2, 0) is 0 Å². The van der Waals surface area contributed by atoms with Crippen molar-refractivity contribution in [1.29, 1.82) is 0 Å². The van der Waals surface area contributed by atoms with Gasteiger partial charge in [0, 0.05) is 10.5 Å². The van der Waals surface area contributed by atoms with Crippen molar-refractivity contribution in [2.24, 2.45) is 11.8 Å². The molecule has 0 spiro atoms. The molecule has 0 saturated heterocycles. The van der Waals surface area contributed by atoms with Gasteiger partial charge in [-0.1, -0.05) is 54.8 Å². The zero-order valence-corrected chi connectivity index (χ0v) is 11.6. The van der Waals surface area contributed by atoms with Crippen LogP contribution in [0.1, 0.15) is 44.7 Å². The zero-order chi connectivity index (χ0) is 12.0. The summed E-state index contributed by atoms with van der Waals surface area (Å²) in [5, 5.41) is 0. The molecule has 1 unspecified atom stereocenters. The lowest BCUT2D eigenvalue weighted by molar-refractivity contribution is 0.375. The molecule has 0 aliphatic carbocycles. The van der Waals surface area contributed by atoms with Crippen molar-refractivity contribution in [3.05, 3.63) is 34.3 Å². The molecule has 0 aliphatic rings. The van der Waals surface area contributed by atoms with Crippen molar-refractivity contribution in [3.63, 3.8) is 0 Å². The minimum Gasteiger partial charge on any atom is -0.271 e. The highest BCUT2D eigenvalue weighted by atomic mass is 79.9. The van der Waals surface area contributed by atoms with Crippen molar-refractivity contribution >= 4 is 15.9 Å². The molecule has 0 radical (unpaired) electrons. The first-order valence-corrected chi connectivity index (χ1v) is 6.72. The first kappa shape index (κ1) is 13.7. The van der Waals surface area contributed by atoms with E-state index < -0.39 is 0 Å². The van der Waals surface area contributed by atoms with Crippen LogP contribution in [0, 0.1) is 5.92 Å². The normalized spacial score (nSPS) is 13.1. The molecule has 1 rings (SSSR count). The third-order valence-corrected chi connectivity index (χ3v) is 3.67. The molecular formula is C13H21BrN2. The minimum atomic E-state index is 0.252. The van der Waals surface area contributed by atoms with E-state index in [0.717, 1.165) is 16.8 Å². The maximum absolute atomic E-state index is 5.65. The lowest BCUT2D eigenvalue weighted by atomic mass is 9.91. The van der Waals surface area contributed by atoms with Crippen LogP contribution in [0.25, 0.3) is 0 Å². The molecule has 0 bridgehead atoms. The minimum absolute atomic E-state index is 0.252. The Balaban J connectivity index is 2.74. The van der Waals surface area contributed by atoms with Gasteiger partial charge in [-0.25, -0.2) is 0 Å². The standard InChI is InChI=1S/C13H21BrN2/c1-3-10(4-2)8-13(16-15)11-6-5-7-12(14)9-11/h5-7,9-10,13,16H,3-4,8,15H2,1-2H3. The second kappa shape index (κ2) is 7.05. The Kier molecular flexibility index (Phi) is 6.03. The Bertz CT molecular complexity index is 311. The maximum Gasteiger partial charge on any atom is 0.0463 e. The largest absolute Gasteiger partial charge is 0.271 e. The Morgan fingerprint density at radius 3 is 2.50 bits per heavy atom. The quantitative estimate of drug-likeness (QED) is 0.616. The zero-order valence-electron chi connectivity index (χ0n) is 10.0. The number of hydrogen-bond acceptors (Lipinski definition) is 2. The highest BCUT2D eigenvalue weighted by Crippen LogP contribution is 2.26. The van der Waals surface area contributed by atoms with Crippen LogP contribution in [0.15, 0.2) is 28.7 Å². The Morgan fingerprint density at radius 2 is 2.00 bits per heavy atom. The molecule has 16 heavy (non-hydrogen) atoms. The lowest BCUT2D eigenvalue weighted by Gasteiger charge is -2.21. The summed E-state index contributed by atoms with van der Waals surface area (Å²) in [5.41, 5.74) is 4.18. The fourth-order valence-electron chi connectivity index (χ4n) is 1.98. The molecule has 0 amide bonds. The van der Waals surface area contributed by atoms with Crippen LogP contribution in [0.5, 0.6) is 0 Å². The highest BCUT2D eigenvalue weighted by Gasteiger charge is 2.14. The number of hydrogen-bond donors (Lipinski definition) is 2. The third kappa shape index (κ3) is 3.89. The monoisotopic (exact) mass is 284 g/mol.